The molecule has 0 N–H and O–H groups in total. The molecule has 2 nitrogen and oxygen atoms in total. The Balaban J connectivity index is 2.80. The summed E-state index contributed by atoms with van der Waals surface area (Å²) in [6.45, 7) is 9.04. The van der Waals surface area contributed by atoms with Gasteiger partial charge in [0.2, 0.25) is 5.91 Å². The molecule has 1 aromatic carbocycles. The standard InChI is InChI=1S/C15H23NO/c1-12(14-9-7-6-8-10-14)15(3,4)11-16(5)13(2)17/h6-10,12H,11H2,1-5H3. The Morgan fingerprint density at radius 3 is 2.29 bits per heavy atom. The van der Waals surface area contributed by atoms with Gasteiger partial charge in [-0.1, -0.05) is 51.1 Å². The van der Waals surface area contributed by atoms with Gasteiger partial charge < -0.3 is 4.90 Å². The van der Waals surface area contributed by atoms with Crippen LogP contribution in [0.1, 0.15) is 39.2 Å². The van der Waals surface area contributed by atoms with E-state index < -0.39 is 0 Å². The highest BCUT2D eigenvalue weighted by atomic mass is 16.2. The van der Waals surface area contributed by atoms with Gasteiger partial charge in [0.1, 0.15) is 0 Å². The average molecular weight is 233 g/mol. The van der Waals surface area contributed by atoms with Crippen LogP contribution in [0.2, 0.25) is 0 Å². The Labute approximate surface area is 105 Å². The van der Waals surface area contributed by atoms with Gasteiger partial charge in [0.25, 0.3) is 0 Å². The molecule has 0 saturated heterocycles. The molecule has 0 radical (unpaired) electrons. The second kappa shape index (κ2) is 5.35. The van der Waals surface area contributed by atoms with E-state index in [1.807, 2.05) is 13.1 Å². The molecule has 0 aliphatic heterocycles. The van der Waals surface area contributed by atoms with E-state index in [4.69, 9.17) is 0 Å². The van der Waals surface area contributed by atoms with Crippen LogP contribution in [0.15, 0.2) is 30.3 Å². The zero-order chi connectivity index (χ0) is 13.1. The van der Waals surface area contributed by atoms with Gasteiger partial charge in [0.15, 0.2) is 0 Å². The number of carbonyl (C=O) groups is 1. The minimum atomic E-state index is 0.0712. The van der Waals surface area contributed by atoms with Crippen molar-refractivity contribution in [3.05, 3.63) is 35.9 Å². The molecular weight excluding hydrogens is 210 g/mol. The lowest BCUT2D eigenvalue weighted by atomic mass is 9.75. The van der Waals surface area contributed by atoms with Crippen LogP contribution in [0.25, 0.3) is 0 Å². The van der Waals surface area contributed by atoms with Gasteiger partial charge >= 0.3 is 0 Å². The van der Waals surface area contributed by atoms with Crippen molar-refractivity contribution >= 4 is 5.91 Å². The number of benzene rings is 1. The minimum absolute atomic E-state index is 0.0712. The molecule has 0 aliphatic rings. The molecule has 2 heteroatoms. The molecule has 1 amide bonds. The number of amides is 1. The molecular formula is C15H23NO. The molecule has 0 aliphatic carbocycles. The Hall–Kier alpha value is -1.31. The van der Waals surface area contributed by atoms with Crippen LogP contribution in [0.3, 0.4) is 0 Å². The summed E-state index contributed by atoms with van der Waals surface area (Å²) in [6, 6.07) is 10.5. The van der Waals surface area contributed by atoms with E-state index in [1.165, 1.54) is 5.56 Å². The lowest BCUT2D eigenvalue weighted by Gasteiger charge is -2.35. The van der Waals surface area contributed by atoms with E-state index in [1.54, 1.807) is 11.8 Å². The quantitative estimate of drug-likeness (QED) is 0.781. The van der Waals surface area contributed by atoms with Crippen LogP contribution >= 0.6 is 0 Å². The number of hydrogen-bond donors (Lipinski definition) is 0. The van der Waals surface area contributed by atoms with Crippen molar-refractivity contribution < 1.29 is 4.79 Å². The van der Waals surface area contributed by atoms with E-state index in [-0.39, 0.29) is 11.3 Å². The van der Waals surface area contributed by atoms with Crippen molar-refractivity contribution in [2.75, 3.05) is 13.6 Å². The van der Waals surface area contributed by atoms with Crippen LogP contribution in [-0.4, -0.2) is 24.4 Å². The molecule has 0 spiro atoms. The maximum atomic E-state index is 11.3. The third kappa shape index (κ3) is 3.58. The molecule has 1 rings (SSSR count). The van der Waals surface area contributed by atoms with Gasteiger partial charge in [-0.15, -0.1) is 0 Å². The highest BCUT2D eigenvalue weighted by Crippen LogP contribution is 2.35. The lowest BCUT2D eigenvalue weighted by Crippen LogP contribution is -2.37. The summed E-state index contributed by atoms with van der Waals surface area (Å²) in [5, 5.41) is 0. The van der Waals surface area contributed by atoms with Crippen molar-refractivity contribution in [1.82, 2.24) is 4.90 Å². The highest BCUT2D eigenvalue weighted by Gasteiger charge is 2.29. The molecule has 0 fully saturated rings. The van der Waals surface area contributed by atoms with E-state index >= 15 is 0 Å². The summed E-state index contributed by atoms with van der Waals surface area (Å²) in [4.78, 5) is 13.1. The largest absolute Gasteiger partial charge is 0.345 e. The molecule has 0 bridgehead atoms. The topological polar surface area (TPSA) is 20.3 Å². The zero-order valence-electron chi connectivity index (χ0n) is 11.5. The van der Waals surface area contributed by atoms with Gasteiger partial charge in [-0.2, -0.15) is 0 Å². The molecule has 0 aromatic heterocycles. The van der Waals surface area contributed by atoms with Gasteiger partial charge in [0.05, 0.1) is 0 Å². The van der Waals surface area contributed by atoms with Crippen LogP contribution in [0.4, 0.5) is 0 Å². The molecule has 0 saturated carbocycles. The second-order valence-corrected chi connectivity index (χ2v) is 5.50. The summed E-state index contributed by atoms with van der Waals surface area (Å²) in [5.74, 6) is 0.545. The fourth-order valence-electron chi connectivity index (χ4n) is 2.05. The van der Waals surface area contributed by atoms with E-state index in [0.717, 1.165) is 6.54 Å². The van der Waals surface area contributed by atoms with Crippen molar-refractivity contribution in [1.29, 1.82) is 0 Å². The molecule has 1 aromatic rings. The zero-order valence-corrected chi connectivity index (χ0v) is 11.5. The monoisotopic (exact) mass is 233 g/mol. The first kappa shape index (κ1) is 13.8. The third-order valence-corrected chi connectivity index (χ3v) is 3.65. The minimum Gasteiger partial charge on any atom is -0.345 e. The van der Waals surface area contributed by atoms with Crippen molar-refractivity contribution in [2.24, 2.45) is 5.41 Å². The van der Waals surface area contributed by atoms with E-state index in [9.17, 15) is 4.79 Å². The summed E-state index contributed by atoms with van der Waals surface area (Å²) in [6.07, 6.45) is 0. The third-order valence-electron chi connectivity index (χ3n) is 3.65. The van der Waals surface area contributed by atoms with Gasteiger partial charge in [-0.05, 0) is 16.9 Å². The number of nitrogens with zero attached hydrogens (tertiary/aromatic N) is 1. The van der Waals surface area contributed by atoms with E-state index in [0.29, 0.717) is 5.92 Å². The van der Waals surface area contributed by atoms with Gasteiger partial charge in [0, 0.05) is 20.5 Å². The maximum Gasteiger partial charge on any atom is 0.219 e. The smallest absolute Gasteiger partial charge is 0.219 e. The van der Waals surface area contributed by atoms with Crippen LogP contribution in [0.5, 0.6) is 0 Å². The predicted octanol–water partition coefficient (Wildman–Crippen LogP) is 3.29. The Morgan fingerprint density at radius 1 is 1.29 bits per heavy atom. The second-order valence-electron chi connectivity index (χ2n) is 5.50. The Bertz CT molecular complexity index is 370. The molecule has 17 heavy (non-hydrogen) atoms. The molecule has 94 valence electrons. The van der Waals surface area contributed by atoms with Crippen molar-refractivity contribution in [2.45, 2.75) is 33.6 Å². The highest BCUT2D eigenvalue weighted by molar-refractivity contribution is 5.72. The van der Waals surface area contributed by atoms with Crippen LogP contribution in [0, 0.1) is 5.41 Å². The van der Waals surface area contributed by atoms with Crippen LogP contribution in [-0.2, 0) is 4.79 Å². The fourth-order valence-corrected chi connectivity index (χ4v) is 2.05. The Morgan fingerprint density at radius 2 is 1.82 bits per heavy atom. The van der Waals surface area contributed by atoms with Gasteiger partial charge in [-0.25, -0.2) is 0 Å². The normalized spacial score (nSPS) is 13.2. The SMILES string of the molecule is CC(=O)N(C)CC(C)(C)C(C)c1ccccc1. The summed E-state index contributed by atoms with van der Waals surface area (Å²) < 4.78 is 0. The first-order valence-corrected chi connectivity index (χ1v) is 6.11. The predicted molar refractivity (Wildman–Crippen MR) is 71.9 cm³/mol. The molecule has 0 heterocycles. The lowest BCUT2D eigenvalue weighted by molar-refractivity contribution is -0.128. The van der Waals surface area contributed by atoms with Gasteiger partial charge in [-0.3, -0.25) is 4.79 Å². The molecule has 1 unspecified atom stereocenters. The van der Waals surface area contributed by atoms with Crippen LogP contribution < -0.4 is 0 Å². The summed E-state index contributed by atoms with van der Waals surface area (Å²) in [5.41, 5.74) is 1.40. The number of hydrogen-bond acceptors (Lipinski definition) is 1. The number of rotatable bonds is 4. The first-order valence-electron chi connectivity index (χ1n) is 6.11. The maximum absolute atomic E-state index is 11.3. The van der Waals surface area contributed by atoms with E-state index in [2.05, 4.69) is 45.0 Å². The van der Waals surface area contributed by atoms with Crippen molar-refractivity contribution in [3.8, 4) is 0 Å². The fraction of sp³-hybridized carbons (Fsp3) is 0.533. The molecule has 1 atom stereocenters. The number of carbonyl (C=O) groups excluding carboxylic acids is 1. The summed E-state index contributed by atoms with van der Waals surface area (Å²) in [7, 11) is 1.86. The Kier molecular flexibility index (Phi) is 4.33. The van der Waals surface area contributed by atoms with Crippen molar-refractivity contribution in [3.63, 3.8) is 0 Å². The average Bonchev–Trinajstić information content (AvgIpc) is 2.28. The first-order chi connectivity index (χ1) is 7.84. The summed E-state index contributed by atoms with van der Waals surface area (Å²) >= 11 is 0.